The van der Waals surface area contributed by atoms with Crippen LogP contribution in [-0.4, -0.2) is 12.1 Å². The zero-order chi connectivity index (χ0) is 15.3. The van der Waals surface area contributed by atoms with Crippen molar-refractivity contribution in [3.63, 3.8) is 0 Å². The van der Waals surface area contributed by atoms with Crippen LogP contribution in [-0.2, 0) is 0 Å². The Morgan fingerprint density at radius 3 is 2.57 bits per heavy atom. The van der Waals surface area contributed by atoms with Crippen molar-refractivity contribution in [1.82, 2.24) is 5.32 Å². The number of hydrogen-bond acceptors (Lipinski definition) is 1. The number of hydrogen-bond donors (Lipinski definition) is 2. The predicted molar refractivity (Wildman–Crippen MR) is 81.6 cm³/mol. The molecule has 3 atom stereocenters. The lowest BCUT2D eigenvalue weighted by Gasteiger charge is -2.39. The van der Waals surface area contributed by atoms with Gasteiger partial charge in [0.15, 0.2) is 0 Å². The van der Waals surface area contributed by atoms with E-state index >= 15 is 0 Å². The molecule has 1 aromatic carbocycles. The molecule has 21 heavy (non-hydrogen) atoms. The molecule has 3 rings (SSSR count). The summed E-state index contributed by atoms with van der Waals surface area (Å²) in [5.41, 5.74) is 0.607. The van der Waals surface area contributed by atoms with Gasteiger partial charge in [0, 0.05) is 6.04 Å². The van der Waals surface area contributed by atoms with E-state index < -0.39 is 5.82 Å². The van der Waals surface area contributed by atoms with Crippen LogP contribution >= 0.6 is 0 Å². The Kier molecular flexibility index (Phi) is 3.23. The Hall–Kier alpha value is -1.58. The summed E-state index contributed by atoms with van der Waals surface area (Å²) >= 11 is 0. The van der Waals surface area contributed by atoms with Gasteiger partial charge in [0.1, 0.15) is 5.82 Å². The largest absolute Gasteiger partial charge is 0.335 e. The van der Waals surface area contributed by atoms with Crippen LogP contribution in [0.15, 0.2) is 24.3 Å². The van der Waals surface area contributed by atoms with Gasteiger partial charge in [0.2, 0.25) is 0 Å². The summed E-state index contributed by atoms with van der Waals surface area (Å²) in [5.74, 6) is 0.258. The van der Waals surface area contributed by atoms with Crippen LogP contribution in [0.2, 0.25) is 0 Å². The van der Waals surface area contributed by atoms with Crippen LogP contribution in [0, 0.1) is 22.6 Å². The molecule has 4 heteroatoms. The fraction of sp³-hybridized carbons (Fsp3) is 0.588. The van der Waals surface area contributed by atoms with E-state index in [-0.39, 0.29) is 28.6 Å². The summed E-state index contributed by atoms with van der Waals surface area (Å²) in [6.07, 6.45) is 3.42. The number of rotatable bonds is 2. The van der Waals surface area contributed by atoms with Crippen LogP contribution in [0.3, 0.4) is 0 Å². The average Bonchev–Trinajstić information content (AvgIpc) is 2.74. The van der Waals surface area contributed by atoms with Gasteiger partial charge < -0.3 is 10.6 Å². The Labute approximate surface area is 125 Å². The monoisotopic (exact) mass is 290 g/mol. The lowest BCUT2D eigenvalue weighted by atomic mass is 9.69. The van der Waals surface area contributed by atoms with Gasteiger partial charge in [-0.15, -0.1) is 0 Å². The molecule has 0 aromatic heterocycles. The van der Waals surface area contributed by atoms with E-state index in [4.69, 9.17) is 0 Å². The highest BCUT2D eigenvalue weighted by Crippen LogP contribution is 2.65. The van der Waals surface area contributed by atoms with Gasteiger partial charge in [0.05, 0.1) is 5.69 Å². The molecule has 1 aromatic rings. The highest BCUT2D eigenvalue weighted by atomic mass is 19.1. The Balaban J connectivity index is 1.68. The third-order valence-corrected chi connectivity index (χ3v) is 6.22. The number of carbonyl (C=O) groups excluding carboxylic acids is 1. The maximum atomic E-state index is 13.6. The van der Waals surface area contributed by atoms with Gasteiger partial charge in [0.25, 0.3) is 0 Å². The van der Waals surface area contributed by atoms with E-state index in [1.54, 1.807) is 18.2 Å². The molecule has 2 bridgehead atoms. The third-order valence-electron chi connectivity index (χ3n) is 6.22. The Bertz CT molecular complexity index is 572. The van der Waals surface area contributed by atoms with Crippen molar-refractivity contribution in [1.29, 1.82) is 0 Å². The van der Waals surface area contributed by atoms with Gasteiger partial charge >= 0.3 is 6.03 Å². The van der Waals surface area contributed by atoms with E-state index in [9.17, 15) is 9.18 Å². The first-order valence-electron chi connectivity index (χ1n) is 7.66. The number of nitrogens with one attached hydrogen (secondary N) is 2. The van der Waals surface area contributed by atoms with Crippen molar-refractivity contribution in [2.75, 3.05) is 5.32 Å². The van der Waals surface area contributed by atoms with E-state index in [2.05, 4.69) is 31.4 Å². The number of benzene rings is 1. The Morgan fingerprint density at radius 2 is 2.00 bits per heavy atom. The first-order chi connectivity index (χ1) is 9.84. The highest BCUT2D eigenvalue weighted by molar-refractivity contribution is 5.89. The van der Waals surface area contributed by atoms with Gasteiger partial charge in [-0.25, -0.2) is 9.18 Å². The zero-order valence-corrected chi connectivity index (χ0v) is 12.9. The molecule has 2 amide bonds. The van der Waals surface area contributed by atoms with E-state index in [1.165, 1.54) is 12.5 Å². The van der Waals surface area contributed by atoms with Crippen molar-refractivity contribution >= 4 is 11.7 Å². The molecule has 2 aliphatic rings. The smallest absolute Gasteiger partial charge is 0.319 e. The molecule has 0 spiro atoms. The summed E-state index contributed by atoms with van der Waals surface area (Å²) in [4.78, 5) is 12.2. The fourth-order valence-corrected chi connectivity index (χ4v) is 4.30. The molecule has 114 valence electrons. The van der Waals surface area contributed by atoms with Crippen LogP contribution in [0.5, 0.6) is 0 Å². The molecule has 0 radical (unpaired) electrons. The van der Waals surface area contributed by atoms with Gasteiger partial charge in [-0.2, -0.15) is 0 Å². The van der Waals surface area contributed by atoms with Crippen molar-refractivity contribution in [2.45, 2.75) is 46.1 Å². The average molecular weight is 290 g/mol. The van der Waals surface area contributed by atoms with Crippen molar-refractivity contribution in [3.8, 4) is 0 Å². The number of halogens is 1. The maximum Gasteiger partial charge on any atom is 0.319 e. The number of urea groups is 1. The molecule has 2 aliphatic carbocycles. The third kappa shape index (κ3) is 2.12. The highest BCUT2D eigenvalue weighted by Gasteiger charge is 2.61. The minimum absolute atomic E-state index is 0.129. The minimum Gasteiger partial charge on any atom is -0.335 e. The predicted octanol–water partition coefficient (Wildman–Crippen LogP) is 4.16. The van der Waals surface area contributed by atoms with Crippen LogP contribution in [0.1, 0.15) is 40.0 Å². The lowest BCUT2D eigenvalue weighted by Crippen LogP contribution is -2.48. The first kappa shape index (κ1) is 14.4. The second-order valence-corrected chi connectivity index (χ2v) is 7.24. The topological polar surface area (TPSA) is 41.1 Å². The normalized spacial score (nSPS) is 33.0. The SMILES string of the molecule is CC1(C)[C@@H]2CC[C@@]1(C)C(NC(=O)Nc1ccccc1F)C2. The number of anilines is 1. The maximum absolute atomic E-state index is 13.6. The van der Waals surface area contributed by atoms with Crippen LogP contribution in [0.25, 0.3) is 0 Å². The molecule has 2 fully saturated rings. The molecule has 2 saturated carbocycles. The molecule has 0 saturated heterocycles. The van der Waals surface area contributed by atoms with E-state index in [0.717, 1.165) is 12.8 Å². The number of para-hydroxylation sites is 1. The van der Waals surface area contributed by atoms with Crippen molar-refractivity contribution in [3.05, 3.63) is 30.1 Å². The lowest BCUT2D eigenvalue weighted by molar-refractivity contribution is 0.125. The minimum atomic E-state index is -0.410. The molecule has 0 heterocycles. The zero-order valence-electron chi connectivity index (χ0n) is 12.9. The number of carbonyl (C=O) groups is 1. The molecular weight excluding hydrogens is 267 g/mol. The molecular formula is C17H23FN2O. The summed E-state index contributed by atoms with van der Waals surface area (Å²) in [6.45, 7) is 6.89. The molecule has 0 aliphatic heterocycles. The first-order valence-corrected chi connectivity index (χ1v) is 7.66. The standard InChI is InChI=1S/C17H23FN2O/c1-16(2)11-8-9-17(16,3)14(10-11)20-15(21)19-13-7-5-4-6-12(13)18/h4-7,11,14H,8-10H2,1-3H3,(H2,19,20,21)/t11-,14?,17+/m1/s1. The van der Waals surface area contributed by atoms with Crippen LogP contribution in [0.4, 0.5) is 14.9 Å². The van der Waals surface area contributed by atoms with Crippen LogP contribution < -0.4 is 10.6 Å². The summed E-state index contributed by atoms with van der Waals surface area (Å²) < 4.78 is 13.6. The molecule has 1 unspecified atom stereocenters. The van der Waals surface area contributed by atoms with Gasteiger partial charge in [-0.05, 0) is 48.1 Å². The summed E-state index contributed by atoms with van der Waals surface area (Å²) in [5, 5.41) is 5.68. The number of fused-ring (bicyclic) bond motifs is 2. The van der Waals surface area contributed by atoms with E-state index in [0.29, 0.717) is 5.92 Å². The quantitative estimate of drug-likeness (QED) is 0.843. The summed E-state index contributed by atoms with van der Waals surface area (Å²) in [6, 6.07) is 6.09. The number of amides is 2. The van der Waals surface area contributed by atoms with Gasteiger partial charge in [-0.1, -0.05) is 32.9 Å². The molecule has 2 N–H and O–H groups in total. The summed E-state index contributed by atoms with van der Waals surface area (Å²) in [7, 11) is 0. The van der Waals surface area contributed by atoms with E-state index in [1.807, 2.05) is 0 Å². The second kappa shape index (κ2) is 4.72. The van der Waals surface area contributed by atoms with Crippen molar-refractivity contribution in [2.24, 2.45) is 16.7 Å². The second-order valence-electron chi connectivity index (χ2n) is 7.24. The molecule has 3 nitrogen and oxygen atoms in total. The van der Waals surface area contributed by atoms with Gasteiger partial charge in [-0.3, -0.25) is 0 Å². The fourth-order valence-electron chi connectivity index (χ4n) is 4.30. The Morgan fingerprint density at radius 1 is 1.29 bits per heavy atom. The van der Waals surface area contributed by atoms with Crippen molar-refractivity contribution < 1.29 is 9.18 Å².